The van der Waals surface area contributed by atoms with Crippen molar-refractivity contribution in [3.05, 3.63) is 169 Å². The van der Waals surface area contributed by atoms with Crippen LogP contribution in [-0.2, 0) is 0 Å². The van der Waals surface area contributed by atoms with Gasteiger partial charge in [0.15, 0.2) is 11.2 Å². The molecule has 0 aliphatic heterocycles. The summed E-state index contributed by atoms with van der Waals surface area (Å²) in [6, 6.07) is 58.2. The fourth-order valence-electron chi connectivity index (χ4n) is 8.96. The van der Waals surface area contributed by atoms with Crippen molar-refractivity contribution in [2.45, 2.75) is 0 Å². The molecule has 0 amide bonds. The number of nitrogens with zero attached hydrogens (tertiary/aromatic N) is 4. The van der Waals surface area contributed by atoms with Gasteiger partial charge < -0.3 is 18.0 Å². The number of fused-ring (bicyclic) bond motifs is 14. The maximum atomic E-state index is 10.7. The van der Waals surface area contributed by atoms with E-state index in [1.165, 1.54) is 0 Å². The first-order valence-corrected chi connectivity index (χ1v) is 18.5. The minimum absolute atomic E-state index is 0.510. The number of rotatable bonds is 3. The molecule has 0 fully saturated rings. The average molecular weight is 715 g/mol. The Hall–Kier alpha value is -8.06. The monoisotopic (exact) mass is 714 g/mol. The maximum Gasteiger partial charge on any atom is 0.160 e. The lowest BCUT2D eigenvalue weighted by Gasteiger charge is -2.14. The van der Waals surface area contributed by atoms with Crippen LogP contribution in [0.1, 0.15) is 11.1 Å². The molecule has 0 saturated carbocycles. The van der Waals surface area contributed by atoms with Crippen molar-refractivity contribution >= 4 is 87.5 Å². The van der Waals surface area contributed by atoms with E-state index in [4.69, 9.17) is 8.83 Å². The topological polar surface area (TPSA) is 83.7 Å². The van der Waals surface area contributed by atoms with Gasteiger partial charge in [-0.1, -0.05) is 97.1 Å². The number of nitriles is 2. The van der Waals surface area contributed by atoms with Crippen molar-refractivity contribution in [3.63, 3.8) is 0 Å². The second-order valence-corrected chi connectivity index (χ2v) is 14.3. The SMILES string of the molecule is N#Cc1cc(-c2ccc(-n3c4ccccc4c4ccc5c6ccccc6oc5c43)c(C#N)c2)ccc1-n1c2ccccc2c2ccc3c4ccccc4oc3c21. The highest BCUT2D eigenvalue weighted by Crippen LogP contribution is 2.43. The smallest absolute Gasteiger partial charge is 0.160 e. The zero-order valence-electron chi connectivity index (χ0n) is 29.6. The van der Waals surface area contributed by atoms with Crippen molar-refractivity contribution in [1.29, 1.82) is 10.5 Å². The van der Waals surface area contributed by atoms with Gasteiger partial charge in [0.25, 0.3) is 0 Å². The Kier molecular flexibility index (Phi) is 6.10. The molecule has 0 aliphatic carbocycles. The van der Waals surface area contributed by atoms with E-state index in [1.54, 1.807) is 0 Å². The summed E-state index contributed by atoms with van der Waals surface area (Å²) in [6.45, 7) is 0. The van der Waals surface area contributed by atoms with Crippen LogP contribution in [0.25, 0.3) is 110 Å². The van der Waals surface area contributed by atoms with Crippen molar-refractivity contribution in [2.75, 3.05) is 0 Å². The molecule has 8 aromatic carbocycles. The molecule has 12 rings (SSSR count). The third-order valence-corrected chi connectivity index (χ3v) is 11.4. The lowest BCUT2D eigenvalue weighted by Crippen LogP contribution is -2.00. The Bertz CT molecular complexity index is 3500. The van der Waals surface area contributed by atoms with Crippen LogP contribution in [0.2, 0.25) is 0 Å². The van der Waals surface area contributed by atoms with Gasteiger partial charge in [-0.15, -0.1) is 0 Å². The quantitative estimate of drug-likeness (QED) is 0.182. The van der Waals surface area contributed by atoms with E-state index in [2.05, 4.69) is 81.9 Å². The molecule has 4 heterocycles. The van der Waals surface area contributed by atoms with Crippen molar-refractivity contribution in [3.8, 4) is 34.6 Å². The zero-order valence-corrected chi connectivity index (χ0v) is 29.6. The summed E-state index contributed by atoms with van der Waals surface area (Å²) in [5.41, 5.74) is 11.2. The van der Waals surface area contributed by atoms with Gasteiger partial charge in [-0.25, -0.2) is 0 Å². The molecule has 258 valence electrons. The molecule has 4 aromatic heterocycles. The van der Waals surface area contributed by atoms with Crippen molar-refractivity contribution in [1.82, 2.24) is 9.13 Å². The molecule has 6 heteroatoms. The highest BCUT2D eigenvalue weighted by molar-refractivity contribution is 6.23. The van der Waals surface area contributed by atoms with Crippen molar-refractivity contribution < 1.29 is 8.83 Å². The second-order valence-electron chi connectivity index (χ2n) is 14.3. The standard InChI is InChI=1S/C50H26N4O2/c51-27-31-25-29(17-23-41(31)53-43-13-5-1-9-33(43)37-19-21-39-35-11-3-7-15-45(35)55-49(39)47(37)53)30-18-24-42(32(26-30)28-52)54-44-14-6-2-10-34(44)38-20-22-40-36-12-4-8-16-46(36)56-50(40)48(38)54/h1-26H. The average Bonchev–Trinajstić information content (AvgIpc) is 4.01. The van der Waals surface area contributed by atoms with Crippen LogP contribution < -0.4 is 0 Å². The maximum absolute atomic E-state index is 10.7. The highest BCUT2D eigenvalue weighted by Gasteiger charge is 2.23. The van der Waals surface area contributed by atoms with E-state index < -0.39 is 0 Å². The van der Waals surface area contributed by atoms with Gasteiger partial charge in [-0.2, -0.15) is 10.5 Å². The summed E-state index contributed by atoms with van der Waals surface area (Å²) >= 11 is 0. The third kappa shape index (κ3) is 4.02. The zero-order chi connectivity index (χ0) is 37.1. The fraction of sp³-hybridized carbons (Fsp3) is 0. The van der Waals surface area contributed by atoms with Gasteiger partial charge in [-0.3, -0.25) is 0 Å². The van der Waals surface area contributed by atoms with Crippen LogP contribution in [0.15, 0.2) is 167 Å². The molecule has 0 saturated heterocycles. The molecule has 0 radical (unpaired) electrons. The number of aromatic nitrogens is 2. The van der Waals surface area contributed by atoms with Gasteiger partial charge in [-0.05, 0) is 71.8 Å². The molecule has 56 heavy (non-hydrogen) atoms. The summed E-state index contributed by atoms with van der Waals surface area (Å²) in [5.74, 6) is 0. The Morgan fingerprint density at radius 3 is 1.21 bits per heavy atom. The van der Waals surface area contributed by atoms with Crippen LogP contribution in [0.3, 0.4) is 0 Å². The lowest BCUT2D eigenvalue weighted by atomic mass is 9.99. The Labute approximate surface area is 318 Å². The van der Waals surface area contributed by atoms with Gasteiger partial charge in [0.2, 0.25) is 0 Å². The molecule has 0 unspecified atom stereocenters. The van der Waals surface area contributed by atoms with Crippen LogP contribution in [0.4, 0.5) is 0 Å². The minimum atomic E-state index is 0.510. The van der Waals surface area contributed by atoms with Crippen LogP contribution in [0.5, 0.6) is 0 Å². The summed E-state index contributed by atoms with van der Waals surface area (Å²) in [6.07, 6.45) is 0. The predicted octanol–water partition coefficient (Wildman–Crippen LogP) is 13.1. The van der Waals surface area contributed by atoms with Crippen LogP contribution in [-0.4, -0.2) is 9.13 Å². The van der Waals surface area contributed by atoms with Crippen LogP contribution >= 0.6 is 0 Å². The molecular formula is C50H26N4O2. The van der Waals surface area contributed by atoms with Crippen molar-refractivity contribution in [2.24, 2.45) is 0 Å². The Balaban J connectivity index is 1.05. The molecule has 0 atom stereocenters. The van der Waals surface area contributed by atoms with E-state index >= 15 is 0 Å². The molecule has 0 spiro atoms. The number of benzene rings is 8. The first-order valence-electron chi connectivity index (χ1n) is 18.5. The second kappa shape index (κ2) is 11.2. The predicted molar refractivity (Wildman–Crippen MR) is 225 cm³/mol. The highest BCUT2D eigenvalue weighted by atomic mass is 16.3. The Morgan fingerprint density at radius 1 is 0.375 bits per heavy atom. The molecule has 6 nitrogen and oxygen atoms in total. The fourth-order valence-corrected chi connectivity index (χ4v) is 8.96. The first-order chi connectivity index (χ1) is 27.7. The number of furan rings is 2. The number of hydrogen-bond donors (Lipinski definition) is 0. The van der Waals surface area contributed by atoms with Gasteiger partial charge in [0.05, 0.1) is 44.6 Å². The van der Waals surface area contributed by atoms with Crippen LogP contribution in [0, 0.1) is 22.7 Å². The summed E-state index contributed by atoms with van der Waals surface area (Å²) in [5, 5.41) is 29.9. The van der Waals surface area contributed by atoms with Gasteiger partial charge >= 0.3 is 0 Å². The molecule has 12 aromatic rings. The number of hydrogen-bond acceptors (Lipinski definition) is 4. The minimum Gasteiger partial charge on any atom is -0.454 e. The van der Waals surface area contributed by atoms with E-state index in [0.29, 0.717) is 11.1 Å². The summed E-state index contributed by atoms with van der Waals surface area (Å²) in [4.78, 5) is 0. The summed E-state index contributed by atoms with van der Waals surface area (Å²) in [7, 11) is 0. The van der Waals surface area contributed by atoms with E-state index in [9.17, 15) is 10.5 Å². The molecular weight excluding hydrogens is 689 g/mol. The van der Waals surface area contributed by atoms with Gasteiger partial charge in [0.1, 0.15) is 23.3 Å². The van der Waals surface area contributed by atoms with E-state index in [0.717, 1.165) is 110 Å². The largest absolute Gasteiger partial charge is 0.454 e. The lowest BCUT2D eigenvalue weighted by molar-refractivity contribution is 0.670. The molecule has 0 N–H and O–H groups in total. The summed E-state index contributed by atoms with van der Waals surface area (Å²) < 4.78 is 17.4. The molecule has 0 aliphatic rings. The van der Waals surface area contributed by atoms with E-state index in [-0.39, 0.29) is 0 Å². The number of para-hydroxylation sites is 4. The molecule has 0 bridgehead atoms. The first kappa shape index (κ1) is 30.4. The van der Waals surface area contributed by atoms with Gasteiger partial charge in [0, 0.05) is 43.1 Å². The normalized spacial score (nSPS) is 11.9. The Morgan fingerprint density at radius 2 is 0.768 bits per heavy atom. The third-order valence-electron chi connectivity index (χ3n) is 11.4. The van der Waals surface area contributed by atoms with E-state index in [1.807, 2.05) is 97.1 Å².